The molecule has 2 aromatic carbocycles. The van der Waals surface area contributed by atoms with E-state index in [1.807, 2.05) is 42.2 Å². The van der Waals surface area contributed by atoms with Crippen molar-refractivity contribution in [2.45, 2.75) is 38.6 Å². The molecule has 1 fully saturated rings. The smallest absolute Gasteiger partial charge is 0.274 e. The third-order valence-electron chi connectivity index (χ3n) is 6.26. The van der Waals surface area contributed by atoms with Crippen molar-refractivity contribution in [2.24, 2.45) is 0 Å². The fourth-order valence-corrected chi connectivity index (χ4v) is 4.33. The molecule has 0 saturated carbocycles. The van der Waals surface area contributed by atoms with E-state index in [-0.39, 0.29) is 23.7 Å². The Bertz CT molecular complexity index is 1130. The predicted octanol–water partition coefficient (Wildman–Crippen LogP) is 3.99. The molecule has 35 heavy (non-hydrogen) atoms. The van der Waals surface area contributed by atoms with Crippen molar-refractivity contribution in [3.8, 4) is 11.4 Å². The maximum Gasteiger partial charge on any atom is 0.274 e. The van der Waals surface area contributed by atoms with Gasteiger partial charge in [0.05, 0.1) is 0 Å². The summed E-state index contributed by atoms with van der Waals surface area (Å²) in [5, 5.41) is 6.50. The molecule has 0 bridgehead atoms. The summed E-state index contributed by atoms with van der Waals surface area (Å²) < 4.78 is 13.3. The van der Waals surface area contributed by atoms with Gasteiger partial charge in [0.15, 0.2) is 0 Å². The van der Waals surface area contributed by atoms with Crippen LogP contribution in [0.15, 0.2) is 54.6 Å². The number of carbonyl (C=O) groups excluding carboxylic acids is 2. The Morgan fingerprint density at radius 2 is 1.74 bits per heavy atom. The zero-order valence-electron chi connectivity index (χ0n) is 20.0. The number of aryl methyl sites for hydroxylation is 1. The number of benzene rings is 2. The Balaban J connectivity index is 1.43. The number of halogens is 1. The van der Waals surface area contributed by atoms with Crippen LogP contribution in [-0.2, 0) is 4.79 Å². The lowest BCUT2D eigenvalue weighted by molar-refractivity contribution is -0.121. The standard InChI is InChI=1S/C27H32FN5O2/c1-19-25(32-26(31-19)21-10-12-22(28)13-11-21)27(35)33-16-6-5-14-29-23(20-8-3-2-4-9-20)18-24(34)30-15-7-17-33/h2-4,8-13,23,29H,5-7,14-18H2,1H3,(H,30,34)(H,31,32). The molecule has 1 aliphatic heterocycles. The Kier molecular flexibility index (Phi) is 8.26. The van der Waals surface area contributed by atoms with E-state index < -0.39 is 0 Å². The lowest BCUT2D eigenvalue weighted by atomic mass is 10.0. The van der Waals surface area contributed by atoms with E-state index in [4.69, 9.17) is 0 Å². The number of rotatable bonds is 3. The third-order valence-corrected chi connectivity index (χ3v) is 6.26. The summed E-state index contributed by atoms with van der Waals surface area (Å²) in [4.78, 5) is 35.4. The summed E-state index contributed by atoms with van der Waals surface area (Å²) in [5.74, 6) is 0.0826. The van der Waals surface area contributed by atoms with Crippen LogP contribution in [0.3, 0.4) is 0 Å². The monoisotopic (exact) mass is 477 g/mol. The molecular weight excluding hydrogens is 445 g/mol. The number of nitrogens with one attached hydrogen (secondary N) is 3. The number of nitrogens with zero attached hydrogens (tertiary/aromatic N) is 2. The molecule has 184 valence electrons. The summed E-state index contributed by atoms with van der Waals surface area (Å²) in [6, 6.07) is 16.0. The molecule has 0 spiro atoms. The van der Waals surface area contributed by atoms with Crippen LogP contribution in [0.4, 0.5) is 4.39 Å². The van der Waals surface area contributed by atoms with Crippen molar-refractivity contribution in [3.05, 3.63) is 77.4 Å². The molecule has 1 aromatic heterocycles. The van der Waals surface area contributed by atoms with Crippen molar-refractivity contribution < 1.29 is 14.0 Å². The Morgan fingerprint density at radius 3 is 2.51 bits per heavy atom. The molecule has 7 nitrogen and oxygen atoms in total. The largest absolute Gasteiger partial charge is 0.356 e. The Morgan fingerprint density at radius 1 is 1.00 bits per heavy atom. The van der Waals surface area contributed by atoms with Gasteiger partial charge < -0.3 is 20.5 Å². The van der Waals surface area contributed by atoms with Crippen LogP contribution in [-0.4, -0.2) is 52.9 Å². The van der Waals surface area contributed by atoms with Crippen LogP contribution in [0.2, 0.25) is 0 Å². The van der Waals surface area contributed by atoms with E-state index in [9.17, 15) is 14.0 Å². The predicted molar refractivity (Wildman–Crippen MR) is 133 cm³/mol. The summed E-state index contributed by atoms with van der Waals surface area (Å²) in [6.45, 7) is 4.23. The molecule has 2 amide bonds. The first-order valence-corrected chi connectivity index (χ1v) is 12.2. The SMILES string of the molecule is Cc1[nH]c(-c2ccc(F)cc2)nc1C(=O)N1CCCCNC(c2ccccc2)CC(=O)NCCC1. The zero-order valence-corrected chi connectivity index (χ0v) is 20.0. The maximum absolute atomic E-state index is 13.4. The summed E-state index contributed by atoms with van der Waals surface area (Å²) in [6.07, 6.45) is 2.77. The van der Waals surface area contributed by atoms with E-state index >= 15 is 0 Å². The van der Waals surface area contributed by atoms with Gasteiger partial charge in [0, 0.05) is 43.4 Å². The van der Waals surface area contributed by atoms with Gasteiger partial charge in [-0.25, -0.2) is 9.37 Å². The number of carbonyl (C=O) groups is 2. The topological polar surface area (TPSA) is 90.1 Å². The first kappa shape index (κ1) is 24.6. The summed E-state index contributed by atoms with van der Waals surface area (Å²) >= 11 is 0. The van der Waals surface area contributed by atoms with E-state index in [1.54, 1.807) is 12.1 Å². The number of aromatic nitrogens is 2. The minimum Gasteiger partial charge on any atom is -0.356 e. The molecule has 0 radical (unpaired) electrons. The second-order valence-corrected chi connectivity index (χ2v) is 8.89. The first-order valence-electron chi connectivity index (χ1n) is 12.2. The molecule has 3 N–H and O–H groups in total. The highest BCUT2D eigenvalue weighted by Crippen LogP contribution is 2.20. The third kappa shape index (κ3) is 6.54. The maximum atomic E-state index is 13.4. The van der Waals surface area contributed by atoms with E-state index in [0.717, 1.165) is 30.5 Å². The highest BCUT2D eigenvalue weighted by Gasteiger charge is 2.22. The van der Waals surface area contributed by atoms with Gasteiger partial charge in [0.2, 0.25) is 5.91 Å². The zero-order chi connectivity index (χ0) is 24.6. The minimum absolute atomic E-state index is 0.00411. The Hall–Kier alpha value is -3.52. The lowest BCUT2D eigenvalue weighted by Gasteiger charge is -2.22. The van der Waals surface area contributed by atoms with Gasteiger partial charge in [0.1, 0.15) is 17.3 Å². The van der Waals surface area contributed by atoms with E-state index in [0.29, 0.717) is 49.7 Å². The number of imidazole rings is 1. The van der Waals surface area contributed by atoms with E-state index in [1.165, 1.54) is 12.1 Å². The first-order chi connectivity index (χ1) is 17.0. The van der Waals surface area contributed by atoms with Gasteiger partial charge in [-0.2, -0.15) is 0 Å². The van der Waals surface area contributed by atoms with Crippen molar-refractivity contribution in [3.63, 3.8) is 0 Å². The number of amides is 2. The van der Waals surface area contributed by atoms with Gasteiger partial charge in [-0.1, -0.05) is 30.3 Å². The number of hydrogen-bond acceptors (Lipinski definition) is 4. The van der Waals surface area contributed by atoms with Crippen LogP contribution in [0.5, 0.6) is 0 Å². The van der Waals surface area contributed by atoms with Gasteiger partial charge in [-0.15, -0.1) is 0 Å². The quantitative estimate of drug-likeness (QED) is 0.532. The van der Waals surface area contributed by atoms with Gasteiger partial charge in [-0.05, 0) is 62.6 Å². The van der Waals surface area contributed by atoms with Crippen LogP contribution in [0, 0.1) is 12.7 Å². The van der Waals surface area contributed by atoms with Crippen LogP contribution in [0.25, 0.3) is 11.4 Å². The second kappa shape index (κ2) is 11.8. The molecule has 0 aliphatic carbocycles. The normalized spacial score (nSPS) is 18.2. The summed E-state index contributed by atoms with van der Waals surface area (Å²) in [7, 11) is 0. The number of aromatic amines is 1. The second-order valence-electron chi connectivity index (χ2n) is 8.89. The van der Waals surface area contributed by atoms with Crippen molar-refractivity contribution in [1.29, 1.82) is 0 Å². The molecule has 8 heteroatoms. The van der Waals surface area contributed by atoms with Gasteiger partial charge in [0.25, 0.3) is 5.91 Å². The molecule has 1 atom stereocenters. The Labute approximate surface area is 205 Å². The summed E-state index contributed by atoms with van der Waals surface area (Å²) in [5.41, 5.74) is 2.87. The van der Waals surface area contributed by atoms with E-state index in [2.05, 4.69) is 20.6 Å². The minimum atomic E-state index is -0.319. The van der Waals surface area contributed by atoms with Crippen molar-refractivity contribution >= 4 is 11.8 Å². The van der Waals surface area contributed by atoms with Crippen LogP contribution in [0.1, 0.15) is 53.5 Å². The fourth-order valence-electron chi connectivity index (χ4n) is 4.33. The fraction of sp³-hybridized carbons (Fsp3) is 0.370. The van der Waals surface area contributed by atoms with Crippen molar-refractivity contribution in [1.82, 2.24) is 25.5 Å². The number of hydrogen-bond donors (Lipinski definition) is 3. The molecule has 4 rings (SSSR count). The average Bonchev–Trinajstić information content (AvgIpc) is 3.26. The average molecular weight is 478 g/mol. The molecule has 3 aromatic rings. The van der Waals surface area contributed by atoms with Gasteiger partial charge >= 0.3 is 0 Å². The molecular formula is C27H32FN5O2. The number of H-pyrrole nitrogens is 1. The van der Waals surface area contributed by atoms with Crippen LogP contribution < -0.4 is 10.6 Å². The highest BCUT2D eigenvalue weighted by molar-refractivity contribution is 5.94. The van der Waals surface area contributed by atoms with Crippen LogP contribution >= 0.6 is 0 Å². The highest BCUT2D eigenvalue weighted by atomic mass is 19.1. The van der Waals surface area contributed by atoms with Crippen molar-refractivity contribution in [2.75, 3.05) is 26.2 Å². The molecule has 1 unspecified atom stereocenters. The molecule has 1 saturated heterocycles. The molecule has 2 heterocycles. The molecule has 1 aliphatic rings. The van der Waals surface area contributed by atoms with Gasteiger partial charge in [-0.3, -0.25) is 9.59 Å². The lowest BCUT2D eigenvalue weighted by Crippen LogP contribution is -2.35.